The normalized spacial score (nSPS) is 15.1. The predicted molar refractivity (Wildman–Crippen MR) is 54.0 cm³/mol. The molecule has 0 unspecified atom stereocenters. The van der Waals surface area contributed by atoms with Crippen molar-refractivity contribution in [1.29, 1.82) is 0 Å². The van der Waals surface area contributed by atoms with Gasteiger partial charge >= 0.3 is 0 Å². The second-order valence-electron chi connectivity index (χ2n) is 3.61. The fourth-order valence-corrected chi connectivity index (χ4v) is 1.69. The Morgan fingerprint density at radius 1 is 1.40 bits per heavy atom. The number of carbonyl (C=O) groups is 2. The maximum Gasteiger partial charge on any atom is 0.251 e. The standard InChI is InChI=1S/C11H11NO3/c1-7(13)8-2-4-10-9(6-8)3-5-11(14)12(10)15/h2,4,6,15H,3,5H2,1H3. The minimum atomic E-state index is -0.307. The van der Waals surface area contributed by atoms with Gasteiger partial charge < -0.3 is 0 Å². The molecule has 78 valence electrons. The molecule has 1 aromatic rings. The van der Waals surface area contributed by atoms with E-state index in [1.807, 2.05) is 0 Å². The Bertz CT molecular complexity index is 439. The van der Waals surface area contributed by atoms with Crippen LogP contribution >= 0.6 is 0 Å². The SMILES string of the molecule is CC(=O)c1ccc2c(c1)CCC(=O)N2O. The Balaban J connectivity index is 2.47. The van der Waals surface area contributed by atoms with Gasteiger partial charge in [0.05, 0.1) is 5.69 Å². The van der Waals surface area contributed by atoms with E-state index in [0.29, 0.717) is 22.7 Å². The molecular weight excluding hydrogens is 194 g/mol. The first-order valence-corrected chi connectivity index (χ1v) is 4.75. The summed E-state index contributed by atoms with van der Waals surface area (Å²) in [5, 5.41) is 10.1. The van der Waals surface area contributed by atoms with E-state index < -0.39 is 0 Å². The number of carbonyl (C=O) groups excluding carboxylic acids is 2. The average molecular weight is 205 g/mol. The number of rotatable bonds is 1. The number of Topliss-reactive ketones (excluding diaryl/α,β-unsaturated/α-hetero) is 1. The highest BCUT2D eigenvalue weighted by molar-refractivity contribution is 5.97. The van der Waals surface area contributed by atoms with E-state index in [1.54, 1.807) is 18.2 Å². The van der Waals surface area contributed by atoms with Gasteiger partial charge in [-0.25, -0.2) is 0 Å². The maximum absolute atomic E-state index is 11.2. The molecular formula is C11H11NO3. The molecule has 1 aromatic carbocycles. The fraction of sp³-hybridized carbons (Fsp3) is 0.273. The van der Waals surface area contributed by atoms with Gasteiger partial charge in [-0.15, -0.1) is 0 Å². The fourth-order valence-electron chi connectivity index (χ4n) is 1.69. The lowest BCUT2D eigenvalue weighted by Crippen LogP contribution is -2.31. The number of benzene rings is 1. The molecule has 0 atom stereocenters. The molecule has 0 bridgehead atoms. The molecule has 1 heterocycles. The van der Waals surface area contributed by atoms with Crippen molar-refractivity contribution in [3.63, 3.8) is 0 Å². The monoisotopic (exact) mass is 205 g/mol. The zero-order chi connectivity index (χ0) is 11.0. The van der Waals surface area contributed by atoms with Crippen molar-refractivity contribution in [1.82, 2.24) is 0 Å². The van der Waals surface area contributed by atoms with E-state index in [4.69, 9.17) is 0 Å². The van der Waals surface area contributed by atoms with Crippen molar-refractivity contribution in [2.75, 3.05) is 5.06 Å². The largest absolute Gasteiger partial charge is 0.295 e. The van der Waals surface area contributed by atoms with E-state index in [0.717, 1.165) is 5.56 Å². The van der Waals surface area contributed by atoms with Gasteiger partial charge in [-0.3, -0.25) is 14.8 Å². The molecule has 0 aromatic heterocycles. The zero-order valence-electron chi connectivity index (χ0n) is 8.36. The topological polar surface area (TPSA) is 57.6 Å². The molecule has 2 rings (SSSR count). The third kappa shape index (κ3) is 1.64. The zero-order valence-corrected chi connectivity index (χ0v) is 8.36. The quantitative estimate of drug-likeness (QED) is 0.559. The highest BCUT2D eigenvalue weighted by Crippen LogP contribution is 2.27. The van der Waals surface area contributed by atoms with Gasteiger partial charge in [0.2, 0.25) is 0 Å². The Morgan fingerprint density at radius 3 is 2.80 bits per heavy atom. The van der Waals surface area contributed by atoms with E-state index in [2.05, 4.69) is 0 Å². The van der Waals surface area contributed by atoms with Crippen LogP contribution in [-0.2, 0) is 11.2 Å². The lowest BCUT2D eigenvalue weighted by atomic mass is 9.99. The van der Waals surface area contributed by atoms with E-state index >= 15 is 0 Å². The molecule has 0 radical (unpaired) electrons. The molecule has 1 aliphatic heterocycles. The maximum atomic E-state index is 11.2. The lowest BCUT2D eigenvalue weighted by Gasteiger charge is -2.23. The highest BCUT2D eigenvalue weighted by Gasteiger charge is 2.22. The predicted octanol–water partition coefficient (Wildman–Crippen LogP) is 1.56. The van der Waals surface area contributed by atoms with Crippen molar-refractivity contribution in [2.45, 2.75) is 19.8 Å². The van der Waals surface area contributed by atoms with Crippen molar-refractivity contribution < 1.29 is 14.8 Å². The molecule has 1 aliphatic rings. The van der Waals surface area contributed by atoms with E-state index in [1.165, 1.54) is 6.92 Å². The smallest absolute Gasteiger partial charge is 0.251 e. The summed E-state index contributed by atoms with van der Waals surface area (Å²) in [6, 6.07) is 4.94. The van der Waals surface area contributed by atoms with Crippen LogP contribution in [0.3, 0.4) is 0 Å². The summed E-state index contributed by atoms with van der Waals surface area (Å²) >= 11 is 0. The summed E-state index contributed by atoms with van der Waals surface area (Å²) in [5.41, 5.74) is 1.93. The van der Waals surface area contributed by atoms with Crippen LogP contribution in [0, 0.1) is 0 Å². The third-order valence-corrected chi connectivity index (χ3v) is 2.56. The van der Waals surface area contributed by atoms with E-state index in [9.17, 15) is 14.8 Å². The first-order chi connectivity index (χ1) is 7.09. The van der Waals surface area contributed by atoms with Crippen LogP contribution in [0.25, 0.3) is 0 Å². The van der Waals surface area contributed by atoms with Crippen LogP contribution in [-0.4, -0.2) is 16.9 Å². The van der Waals surface area contributed by atoms with Crippen LogP contribution in [0.2, 0.25) is 0 Å². The summed E-state index contributed by atoms with van der Waals surface area (Å²) < 4.78 is 0. The molecule has 1 N–H and O–H groups in total. The number of anilines is 1. The van der Waals surface area contributed by atoms with Crippen molar-refractivity contribution in [2.24, 2.45) is 0 Å². The third-order valence-electron chi connectivity index (χ3n) is 2.56. The van der Waals surface area contributed by atoms with Gasteiger partial charge in [0.25, 0.3) is 5.91 Å². The van der Waals surface area contributed by atoms with Crippen molar-refractivity contribution in [3.05, 3.63) is 29.3 Å². The first kappa shape index (κ1) is 9.86. The minimum Gasteiger partial charge on any atom is -0.295 e. The summed E-state index contributed by atoms with van der Waals surface area (Å²) in [4.78, 5) is 22.3. The van der Waals surface area contributed by atoms with Crippen LogP contribution < -0.4 is 5.06 Å². The van der Waals surface area contributed by atoms with Gasteiger partial charge in [0, 0.05) is 12.0 Å². The average Bonchev–Trinajstić information content (AvgIpc) is 2.23. The second kappa shape index (κ2) is 3.47. The Kier molecular flexibility index (Phi) is 2.28. The van der Waals surface area contributed by atoms with Crippen LogP contribution in [0.1, 0.15) is 29.3 Å². The van der Waals surface area contributed by atoms with Gasteiger partial charge in [-0.05, 0) is 37.1 Å². The molecule has 1 amide bonds. The number of amides is 1. The summed E-state index contributed by atoms with van der Waals surface area (Å²) in [6.45, 7) is 1.49. The Morgan fingerprint density at radius 2 is 2.13 bits per heavy atom. The minimum absolute atomic E-state index is 0.0146. The number of ketones is 1. The molecule has 0 spiro atoms. The lowest BCUT2D eigenvalue weighted by molar-refractivity contribution is -0.124. The number of nitrogens with zero attached hydrogens (tertiary/aromatic N) is 1. The van der Waals surface area contributed by atoms with Gasteiger partial charge in [0.1, 0.15) is 0 Å². The molecule has 4 heteroatoms. The molecule has 0 saturated heterocycles. The highest BCUT2D eigenvalue weighted by atomic mass is 16.5. The Hall–Kier alpha value is -1.68. The summed E-state index contributed by atoms with van der Waals surface area (Å²) in [6.07, 6.45) is 0.858. The van der Waals surface area contributed by atoms with Crippen LogP contribution in [0.4, 0.5) is 5.69 Å². The molecule has 0 saturated carbocycles. The van der Waals surface area contributed by atoms with E-state index in [-0.39, 0.29) is 18.1 Å². The van der Waals surface area contributed by atoms with Gasteiger partial charge in [-0.2, -0.15) is 5.06 Å². The molecule has 0 aliphatic carbocycles. The number of fused-ring (bicyclic) bond motifs is 1. The number of hydroxylamine groups is 1. The van der Waals surface area contributed by atoms with Crippen LogP contribution in [0.15, 0.2) is 18.2 Å². The second-order valence-corrected chi connectivity index (χ2v) is 3.61. The van der Waals surface area contributed by atoms with Gasteiger partial charge in [-0.1, -0.05) is 0 Å². The Labute approximate surface area is 87.1 Å². The first-order valence-electron chi connectivity index (χ1n) is 4.75. The van der Waals surface area contributed by atoms with Gasteiger partial charge in [0.15, 0.2) is 5.78 Å². The molecule has 0 fully saturated rings. The molecule has 4 nitrogen and oxygen atoms in total. The number of hydrogen-bond acceptors (Lipinski definition) is 3. The number of hydrogen-bond donors (Lipinski definition) is 1. The van der Waals surface area contributed by atoms with Crippen molar-refractivity contribution >= 4 is 17.4 Å². The number of aryl methyl sites for hydroxylation is 1. The summed E-state index contributed by atoms with van der Waals surface area (Å²) in [5.74, 6) is -0.322. The molecule has 15 heavy (non-hydrogen) atoms. The summed E-state index contributed by atoms with van der Waals surface area (Å²) in [7, 11) is 0. The van der Waals surface area contributed by atoms with Crippen molar-refractivity contribution in [3.8, 4) is 0 Å². The van der Waals surface area contributed by atoms with Crippen LogP contribution in [0.5, 0.6) is 0 Å².